The number of aliphatic hydroxyl groups is 3. The van der Waals surface area contributed by atoms with E-state index in [1.165, 1.54) is 0 Å². The molecule has 4 atom stereocenters. The second-order valence-corrected chi connectivity index (χ2v) is 2.98. The molecule has 1 aliphatic heterocycles. The van der Waals surface area contributed by atoms with Crippen molar-refractivity contribution in [3.05, 3.63) is 0 Å². The van der Waals surface area contributed by atoms with Gasteiger partial charge in [0.15, 0.2) is 0 Å². The fourth-order valence-corrected chi connectivity index (χ4v) is 1.48. The number of rotatable bonds is 0. The summed E-state index contributed by atoms with van der Waals surface area (Å²) in [5.41, 5.74) is 0. The van der Waals surface area contributed by atoms with Crippen molar-refractivity contribution < 1.29 is 25.1 Å². The Kier molecular flexibility index (Phi) is 1.62. The Morgan fingerprint density at radius 3 is 1.73 bits per heavy atom. The highest BCUT2D eigenvalue weighted by molar-refractivity contribution is 4.95. The van der Waals surface area contributed by atoms with Crippen molar-refractivity contribution in [2.24, 2.45) is 0 Å². The van der Waals surface area contributed by atoms with Crippen molar-refractivity contribution in [3.8, 4) is 0 Å². The molecule has 1 heterocycles. The molecule has 64 valence electrons. The van der Waals surface area contributed by atoms with Crippen LogP contribution in [0.1, 0.15) is 6.42 Å². The predicted molar refractivity (Wildman–Crippen MR) is 32.4 cm³/mol. The van der Waals surface area contributed by atoms with Crippen LogP contribution in [0, 0.1) is 0 Å². The van der Waals surface area contributed by atoms with Gasteiger partial charge in [-0.25, -0.2) is 9.78 Å². The SMILES string of the molecule is OC1C2CC(OO2)C(O)C1O. The van der Waals surface area contributed by atoms with Gasteiger partial charge in [-0.3, -0.25) is 0 Å². The summed E-state index contributed by atoms with van der Waals surface area (Å²) in [6.45, 7) is 0. The largest absolute Gasteiger partial charge is 0.387 e. The summed E-state index contributed by atoms with van der Waals surface area (Å²) >= 11 is 0. The van der Waals surface area contributed by atoms with Gasteiger partial charge in [0, 0.05) is 6.42 Å². The number of hydrogen-bond donors (Lipinski definition) is 3. The third kappa shape index (κ3) is 0.969. The molecule has 11 heavy (non-hydrogen) atoms. The Balaban J connectivity index is 2.16. The van der Waals surface area contributed by atoms with Crippen LogP contribution in [0.15, 0.2) is 0 Å². The number of hydrogen-bond acceptors (Lipinski definition) is 5. The Hall–Kier alpha value is -0.200. The van der Waals surface area contributed by atoms with Crippen LogP contribution < -0.4 is 0 Å². The molecule has 2 rings (SSSR count). The van der Waals surface area contributed by atoms with E-state index in [0.717, 1.165) is 0 Å². The molecule has 0 amide bonds. The van der Waals surface area contributed by atoms with E-state index in [0.29, 0.717) is 6.42 Å². The molecule has 5 nitrogen and oxygen atoms in total. The first-order valence-electron chi connectivity index (χ1n) is 3.56. The standard InChI is InChI=1S/C6H10O5/c7-4-2-1-3(11-10-2)5(8)6(4)9/h2-9H,1H2. The van der Waals surface area contributed by atoms with Crippen molar-refractivity contribution in [1.29, 1.82) is 0 Å². The highest BCUT2D eigenvalue weighted by atomic mass is 17.2. The molecule has 1 aliphatic carbocycles. The molecule has 2 fully saturated rings. The summed E-state index contributed by atoms with van der Waals surface area (Å²) < 4.78 is 0. The van der Waals surface area contributed by atoms with Crippen molar-refractivity contribution in [2.75, 3.05) is 0 Å². The Bertz CT molecular complexity index is 141. The lowest BCUT2D eigenvalue weighted by Gasteiger charge is -2.29. The summed E-state index contributed by atoms with van der Waals surface area (Å²) in [6, 6.07) is 0. The highest BCUT2D eigenvalue weighted by Crippen LogP contribution is 2.31. The van der Waals surface area contributed by atoms with E-state index in [9.17, 15) is 10.2 Å². The van der Waals surface area contributed by atoms with Crippen LogP contribution in [0.3, 0.4) is 0 Å². The summed E-state index contributed by atoms with van der Waals surface area (Å²) in [6.07, 6.45) is -3.76. The molecule has 0 aromatic rings. The molecular weight excluding hydrogens is 152 g/mol. The maximum absolute atomic E-state index is 9.22. The molecule has 2 bridgehead atoms. The van der Waals surface area contributed by atoms with E-state index in [1.54, 1.807) is 0 Å². The fraction of sp³-hybridized carbons (Fsp3) is 1.00. The van der Waals surface area contributed by atoms with E-state index in [1.807, 2.05) is 0 Å². The monoisotopic (exact) mass is 162 g/mol. The normalized spacial score (nSPS) is 56.5. The van der Waals surface area contributed by atoms with Gasteiger partial charge in [0.2, 0.25) is 0 Å². The summed E-state index contributed by atoms with van der Waals surface area (Å²) in [4.78, 5) is 9.32. The van der Waals surface area contributed by atoms with E-state index >= 15 is 0 Å². The highest BCUT2D eigenvalue weighted by Gasteiger charge is 2.49. The maximum Gasteiger partial charge on any atom is 0.124 e. The van der Waals surface area contributed by atoms with E-state index in [-0.39, 0.29) is 0 Å². The first-order valence-corrected chi connectivity index (χ1v) is 3.56. The fourth-order valence-electron chi connectivity index (χ4n) is 1.48. The number of fused-ring (bicyclic) bond motifs is 2. The van der Waals surface area contributed by atoms with Crippen molar-refractivity contribution in [1.82, 2.24) is 0 Å². The molecule has 4 unspecified atom stereocenters. The Labute approximate surface area is 63.1 Å². The third-order valence-electron chi connectivity index (χ3n) is 2.23. The molecule has 0 aromatic carbocycles. The van der Waals surface area contributed by atoms with Crippen molar-refractivity contribution in [3.63, 3.8) is 0 Å². The van der Waals surface area contributed by atoms with Gasteiger partial charge >= 0.3 is 0 Å². The summed E-state index contributed by atoms with van der Waals surface area (Å²) in [5.74, 6) is 0. The molecule has 5 heteroatoms. The predicted octanol–water partition coefficient (Wildman–Crippen LogP) is -1.83. The molecule has 2 aliphatic rings. The van der Waals surface area contributed by atoms with Gasteiger partial charge < -0.3 is 15.3 Å². The van der Waals surface area contributed by atoms with E-state index < -0.39 is 30.5 Å². The van der Waals surface area contributed by atoms with Crippen LogP contribution in [-0.2, 0) is 9.78 Å². The van der Waals surface area contributed by atoms with Crippen LogP contribution in [0.5, 0.6) is 0 Å². The zero-order chi connectivity index (χ0) is 8.01. The molecule has 1 saturated heterocycles. The van der Waals surface area contributed by atoms with Gasteiger partial charge in [-0.05, 0) is 0 Å². The molecule has 0 radical (unpaired) electrons. The van der Waals surface area contributed by atoms with Gasteiger partial charge in [0.1, 0.15) is 30.5 Å². The van der Waals surface area contributed by atoms with Crippen molar-refractivity contribution >= 4 is 0 Å². The smallest absolute Gasteiger partial charge is 0.124 e. The third-order valence-corrected chi connectivity index (χ3v) is 2.23. The summed E-state index contributed by atoms with van der Waals surface area (Å²) in [5, 5.41) is 27.6. The minimum absolute atomic E-state index is 0.444. The minimum Gasteiger partial charge on any atom is -0.387 e. The quantitative estimate of drug-likeness (QED) is 0.365. The lowest BCUT2D eigenvalue weighted by Crippen LogP contribution is -2.51. The summed E-state index contributed by atoms with van der Waals surface area (Å²) in [7, 11) is 0. The zero-order valence-corrected chi connectivity index (χ0v) is 5.75. The lowest BCUT2D eigenvalue weighted by molar-refractivity contribution is -0.304. The van der Waals surface area contributed by atoms with Crippen LogP contribution >= 0.6 is 0 Å². The molecule has 3 N–H and O–H groups in total. The van der Waals surface area contributed by atoms with Crippen LogP contribution in [0.25, 0.3) is 0 Å². The molecule has 0 spiro atoms. The van der Waals surface area contributed by atoms with Gasteiger partial charge in [-0.15, -0.1) is 0 Å². The van der Waals surface area contributed by atoms with Crippen LogP contribution in [0.2, 0.25) is 0 Å². The Morgan fingerprint density at radius 1 is 0.818 bits per heavy atom. The average molecular weight is 162 g/mol. The minimum atomic E-state index is -1.15. The van der Waals surface area contributed by atoms with Crippen LogP contribution in [-0.4, -0.2) is 45.8 Å². The lowest BCUT2D eigenvalue weighted by atomic mass is 9.88. The average Bonchev–Trinajstić information content (AvgIpc) is 2.44. The van der Waals surface area contributed by atoms with Crippen molar-refractivity contribution in [2.45, 2.75) is 36.9 Å². The van der Waals surface area contributed by atoms with E-state index in [2.05, 4.69) is 9.78 Å². The first kappa shape index (κ1) is 7.45. The van der Waals surface area contributed by atoms with E-state index in [4.69, 9.17) is 5.11 Å². The zero-order valence-electron chi connectivity index (χ0n) is 5.75. The van der Waals surface area contributed by atoms with Crippen LogP contribution in [0.4, 0.5) is 0 Å². The van der Waals surface area contributed by atoms with Gasteiger partial charge in [0.25, 0.3) is 0 Å². The second-order valence-electron chi connectivity index (χ2n) is 2.98. The topological polar surface area (TPSA) is 79.2 Å². The first-order chi connectivity index (χ1) is 5.20. The van der Waals surface area contributed by atoms with Gasteiger partial charge in [-0.1, -0.05) is 0 Å². The number of aliphatic hydroxyl groups excluding tert-OH is 3. The van der Waals surface area contributed by atoms with Gasteiger partial charge in [0.05, 0.1) is 0 Å². The molecule has 1 saturated carbocycles. The molecule has 0 aromatic heterocycles. The molecular formula is C6H10O5. The second kappa shape index (κ2) is 2.40. The maximum atomic E-state index is 9.22. The van der Waals surface area contributed by atoms with Gasteiger partial charge in [-0.2, -0.15) is 0 Å². The Morgan fingerprint density at radius 2 is 1.27 bits per heavy atom.